The number of esters is 1. The molecule has 0 saturated carbocycles. The number of aliphatic carboxylic acids is 1. The monoisotopic (exact) mass is 492 g/mol. The summed E-state index contributed by atoms with van der Waals surface area (Å²) in [7, 11) is 0. The summed E-state index contributed by atoms with van der Waals surface area (Å²) in [4.78, 5) is 23.9. The first-order chi connectivity index (χ1) is 17.1. The summed E-state index contributed by atoms with van der Waals surface area (Å²) in [5.74, 6) is -3.91. The number of para-hydroxylation sites is 1. The molecule has 10 nitrogen and oxygen atoms in total. The van der Waals surface area contributed by atoms with E-state index in [4.69, 9.17) is 9.15 Å². The lowest BCUT2D eigenvalue weighted by Crippen LogP contribution is -2.28. The van der Waals surface area contributed by atoms with Gasteiger partial charge >= 0.3 is 11.9 Å². The van der Waals surface area contributed by atoms with Crippen LogP contribution in [0.1, 0.15) is 11.1 Å². The van der Waals surface area contributed by atoms with Crippen molar-refractivity contribution in [3.8, 4) is 40.1 Å². The van der Waals surface area contributed by atoms with E-state index >= 15 is 0 Å². The number of hydrogen-bond acceptors (Lipinski definition) is 9. The molecule has 0 amide bonds. The van der Waals surface area contributed by atoms with Crippen molar-refractivity contribution in [3.63, 3.8) is 0 Å². The van der Waals surface area contributed by atoms with Crippen LogP contribution in [0.25, 0.3) is 28.4 Å². The van der Waals surface area contributed by atoms with Gasteiger partial charge in [0.2, 0.25) is 6.10 Å². The third-order valence-corrected chi connectivity index (χ3v) is 5.39. The summed E-state index contributed by atoms with van der Waals surface area (Å²) in [6.45, 7) is 0. The number of fused-ring (bicyclic) bond motifs is 1. The number of furan rings is 1. The van der Waals surface area contributed by atoms with Crippen molar-refractivity contribution in [2.45, 2.75) is 12.5 Å². The first-order valence-corrected chi connectivity index (χ1v) is 10.5. The third-order valence-electron chi connectivity index (χ3n) is 5.39. The van der Waals surface area contributed by atoms with Crippen LogP contribution in [-0.2, 0) is 20.7 Å². The summed E-state index contributed by atoms with van der Waals surface area (Å²) < 4.78 is 10.7. The number of carboxylic acid groups (broad SMARTS) is 1. The predicted molar refractivity (Wildman–Crippen MR) is 127 cm³/mol. The molecule has 6 N–H and O–H groups in total. The molecule has 184 valence electrons. The molecule has 4 rings (SSSR count). The molecule has 1 atom stereocenters. The second-order valence-corrected chi connectivity index (χ2v) is 7.82. The van der Waals surface area contributed by atoms with Gasteiger partial charge in [-0.2, -0.15) is 0 Å². The molecule has 0 fully saturated rings. The van der Waals surface area contributed by atoms with E-state index in [9.17, 15) is 40.2 Å². The van der Waals surface area contributed by atoms with Gasteiger partial charge in [0, 0.05) is 29.0 Å². The van der Waals surface area contributed by atoms with E-state index in [0.717, 1.165) is 6.08 Å². The molecule has 0 spiro atoms. The molecular formula is C26H20O10. The lowest BCUT2D eigenvalue weighted by atomic mass is 10.1. The van der Waals surface area contributed by atoms with Gasteiger partial charge < -0.3 is 39.8 Å². The average Bonchev–Trinajstić information content (AvgIpc) is 3.29. The molecular weight excluding hydrogens is 472 g/mol. The molecule has 1 unspecified atom stereocenters. The van der Waals surface area contributed by atoms with Gasteiger partial charge in [-0.1, -0.05) is 18.2 Å². The van der Waals surface area contributed by atoms with Gasteiger partial charge in [-0.05, 0) is 48.0 Å². The summed E-state index contributed by atoms with van der Waals surface area (Å²) in [6.07, 6.45) is 0.353. The van der Waals surface area contributed by atoms with Crippen LogP contribution in [0, 0.1) is 0 Å². The number of phenolic OH excluding ortho intramolecular Hbond substituents is 5. The zero-order valence-corrected chi connectivity index (χ0v) is 18.5. The number of carbonyl (C=O) groups is 2. The molecule has 0 aliphatic heterocycles. The number of phenols is 5. The first kappa shape index (κ1) is 24.0. The molecule has 0 bridgehead atoms. The van der Waals surface area contributed by atoms with Gasteiger partial charge in [-0.25, -0.2) is 9.59 Å². The maximum atomic E-state index is 12.4. The van der Waals surface area contributed by atoms with E-state index in [2.05, 4.69) is 0 Å². The molecule has 0 saturated heterocycles. The average molecular weight is 492 g/mol. The van der Waals surface area contributed by atoms with Crippen molar-refractivity contribution in [2.24, 2.45) is 0 Å². The van der Waals surface area contributed by atoms with E-state index in [0.29, 0.717) is 16.5 Å². The van der Waals surface area contributed by atoms with E-state index < -0.39 is 29.5 Å². The fourth-order valence-electron chi connectivity index (χ4n) is 3.55. The molecule has 3 aromatic carbocycles. The Labute approximate surface area is 203 Å². The number of rotatable bonds is 7. The van der Waals surface area contributed by atoms with E-state index in [1.807, 2.05) is 0 Å². The molecule has 0 aliphatic carbocycles. The number of hydrogen-bond donors (Lipinski definition) is 6. The molecule has 10 heteroatoms. The van der Waals surface area contributed by atoms with Crippen LogP contribution in [-0.4, -0.2) is 48.7 Å². The number of benzene rings is 3. The normalized spacial score (nSPS) is 12.1. The van der Waals surface area contributed by atoms with Gasteiger partial charge in [-0.15, -0.1) is 0 Å². The topological polar surface area (TPSA) is 178 Å². The van der Waals surface area contributed by atoms with E-state index in [1.54, 1.807) is 6.07 Å². The molecule has 1 aromatic heterocycles. The Hall–Kier alpha value is -5.12. The number of carbonyl (C=O) groups excluding carboxylic acids is 1. The van der Waals surface area contributed by atoms with Crippen molar-refractivity contribution in [1.82, 2.24) is 0 Å². The van der Waals surface area contributed by atoms with Crippen LogP contribution in [0.5, 0.6) is 28.7 Å². The van der Waals surface area contributed by atoms with Gasteiger partial charge in [0.25, 0.3) is 0 Å². The van der Waals surface area contributed by atoms with Gasteiger partial charge in [0.15, 0.2) is 34.3 Å². The zero-order chi connectivity index (χ0) is 26.0. The standard InChI is InChI=1S/C26H20O10/c27-17-7-5-14(10-20(17)30)21-12-16-13(4-8-19(29)25(16)36-21)6-9-23(31)35-22(26(33)34)11-15-2-1-3-18(28)24(15)32/h1-10,12,22,27-30,32H,11H2,(H,33,34)/b9-6+. The highest BCUT2D eigenvalue weighted by Gasteiger charge is 2.24. The van der Waals surface area contributed by atoms with Crippen LogP contribution in [0.2, 0.25) is 0 Å². The number of ether oxygens (including phenoxy) is 1. The largest absolute Gasteiger partial charge is 0.504 e. The predicted octanol–water partition coefficient (Wildman–Crippen LogP) is 3.88. The molecule has 36 heavy (non-hydrogen) atoms. The van der Waals surface area contributed by atoms with E-state index in [1.165, 1.54) is 54.6 Å². The minimum absolute atomic E-state index is 0.0885. The zero-order valence-electron chi connectivity index (χ0n) is 18.5. The SMILES string of the molecule is O=C(/C=C/c1ccc(O)c2oc(-c3ccc(O)c(O)c3)cc12)OC(Cc1cccc(O)c1O)C(=O)O. The fourth-order valence-corrected chi connectivity index (χ4v) is 3.55. The second kappa shape index (κ2) is 9.63. The highest BCUT2D eigenvalue weighted by Crippen LogP contribution is 2.38. The number of carboxylic acids is 1. The lowest BCUT2D eigenvalue weighted by Gasteiger charge is -2.14. The molecule has 0 radical (unpaired) electrons. The second-order valence-electron chi connectivity index (χ2n) is 7.82. The Bertz CT molecular complexity index is 1500. The van der Waals surface area contributed by atoms with Crippen molar-refractivity contribution < 1.29 is 49.4 Å². The number of aromatic hydroxyl groups is 5. The summed E-state index contributed by atoms with van der Waals surface area (Å²) in [5.41, 5.74) is 1.06. The Morgan fingerprint density at radius 2 is 1.64 bits per heavy atom. The van der Waals surface area contributed by atoms with E-state index in [-0.39, 0.29) is 40.6 Å². The van der Waals surface area contributed by atoms with Crippen molar-refractivity contribution in [3.05, 3.63) is 71.8 Å². The van der Waals surface area contributed by atoms with Gasteiger partial charge in [0.05, 0.1) is 0 Å². The lowest BCUT2D eigenvalue weighted by molar-refractivity contribution is -0.160. The summed E-state index contributed by atoms with van der Waals surface area (Å²) in [5, 5.41) is 58.8. The Morgan fingerprint density at radius 1 is 0.889 bits per heavy atom. The van der Waals surface area contributed by atoms with Crippen LogP contribution >= 0.6 is 0 Å². The minimum Gasteiger partial charge on any atom is -0.504 e. The fraction of sp³-hybridized carbons (Fsp3) is 0.0769. The summed E-state index contributed by atoms with van der Waals surface area (Å²) >= 11 is 0. The third kappa shape index (κ3) is 4.87. The summed E-state index contributed by atoms with van der Waals surface area (Å²) in [6, 6.07) is 12.5. The Morgan fingerprint density at radius 3 is 2.36 bits per heavy atom. The van der Waals surface area contributed by atoms with Crippen LogP contribution in [0.3, 0.4) is 0 Å². The van der Waals surface area contributed by atoms with Gasteiger partial charge in [0.1, 0.15) is 5.76 Å². The van der Waals surface area contributed by atoms with Crippen LogP contribution in [0.15, 0.2) is 65.1 Å². The van der Waals surface area contributed by atoms with Crippen LogP contribution in [0.4, 0.5) is 0 Å². The highest BCUT2D eigenvalue weighted by molar-refractivity contribution is 5.97. The first-order valence-electron chi connectivity index (χ1n) is 10.5. The maximum Gasteiger partial charge on any atom is 0.345 e. The maximum absolute atomic E-state index is 12.4. The van der Waals surface area contributed by atoms with Gasteiger partial charge in [-0.3, -0.25) is 0 Å². The Kier molecular flexibility index (Phi) is 6.42. The minimum atomic E-state index is -1.63. The van der Waals surface area contributed by atoms with Crippen molar-refractivity contribution in [2.75, 3.05) is 0 Å². The van der Waals surface area contributed by atoms with Crippen molar-refractivity contribution >= 4 is 29.0 Å². The molecule has 0 aliphatic rings. The smallest absolute Gasteiger partial charge is 0.345 e. The van der Waals surface area contributed by atoms with Crippen LogP contribution < -0.4 is 0 Å². The molecule has 1 heterocycles. The highest BCUT2D eigenvalue weighted by atomic mass is 16.6. The Balaban J connectivity index is 1.57. The van der Waals surface area contributed by atoms with Crippen molar-refractivity contribution in [1.29, 1.82) is 0 Å². The molecule has 4 aromatic rings. The quantitative estimate of drug-likeness (QED) is 0.126.